The first-order valence-electron chi connectivity index (χ1n) is 7.80. The van der Waals surface area contributed by atoms with Crippen molar-refractivity contribution in [1.82, 2.24) is 0 Å². The maximum Gasteiger partial charge on any atom is -0.00225 e. The average Bonchev–Trinajstić information content (AvgIpc) is 2.37. The fourth-order valence-corrected chi connectivity index (χ4v) is 2.42. The van der Waals surface area contributed by atoms with Gasteiger partial charge in [0, 0.05) is 0 Å². The van der Waals surface area contributed by atoms with Crippen LogP contribution in [0.1, 0.15) is 59.8 Å². The Morgan fingerprint density at radius 1 is 1.05 bits per heavy atom. The van der Waals surface area contributed by atoms with Crippen LogP contribution in [0.15, 0.2) is 59.3 Å². The van der Waals surface area contributed by atoms with E-state index in [0.717, 1.165) is 6.42 Å². The Morgan fingerprint density at radius 2 is 1.75 bits per heavy atom. The quantitative estimate of drug-likeness (QED) is 0.475. The van der Waals surface area contributed by atoms with Crippen LogP contribution in [0, 0.1) is 5.92 Å². The summed E-state index contributed by atoms with van der Waals surface area (Å²) in [6, 6.07) is 0. The highest BCUT2D eigenvalue weighted by Gasteiger charge is 2.06. The molecule has 0 N–H and O–H groups in total. The summed E-state index contributed by atoms with van der Waals surface area (Å²) in [5.41, 5.74) is 5.63. The van der Waals surface area contributed by atoms with E-state index in [2.05, 4.69) is 64.7 Å². The predicted molar refractivity (Wildman–Crippen MR) is 91.8 cm³/mol. The van der Waals surface area contributed by atoms with Gasteiger partial charge in [-0.25, -0.2) is 0 Å². The van der Waals surface area contributed by atoms with E-state index in [1.807, 2.05) is 0 Å². The van der Waals surface area contributed by atoms with Crippen molar-refractivity contribution in [3.8, 4) is 0 Å². The fraction of sp³-hybridized carbons (Fsp3) is 0.500. The molecular weight excluding hydrogens is 240 g/mol. The fourth-order valence-electron chi connectivity index (χ4n) is 2.42. The van der Waals surface area contributed by atoms with Gasteiger partial charge in [0.15, 0.2) is 0 Å². The predicted octanol–water partition coefficient (Wildman–Crippen LogP) is 6.54. The zero-order chi connectivity index (χ0) is 15.0. The Bertz CT molecular complexity index is 441. The van der Waals surface area contributed by atoms with Crippen molar-refractivity contribution in [2.75, 3.05) is 0 Å². The van der Waals surface area contributed by atoms with E-state index in [1.54, 1.807) is 0 Å². The normalized spacial score (nSPS) is 22.4. The van der Waals surface area contributed by atoms with E-state index < -0.39 is 0 Å². The van der Waals surface area contributed by atoms with Gasteiger partial charge in [-0.1, -0.05) is 59.3 Å². The third-order valence-electron chi connectivity index (χ3n) is 4.01. The lowest BCUT2D eigenvalue weighted by molar-refractivity contribution is 0.668. The first kappa shape index (κ1) is 16.8. The van der Waals surface area contributed by atoms with Gasteiger partial charge < -0.3 is 0 Å². The van der Waals surface area contributed by atoms with Crippen molar-refractivity contribution in [3.05, 3.63) is 59.3 Å². The summed E-state index contributed by atoms with van der Waals surface area (Å²) >= 11 is 0. The number of hydrogen-bond donors (Lipinski definition) is 0. The number of allylic oxidation sites excluding steroid dienone is 9. The molecule has 0 aromatic rings. The molecule has 0 spiro atoms. The van der Waals surface area contributed by atoms with E-state index in [9.17, 15) is 0 Å². The molecule has 0 aromatic carbocycles. The molecule has 0 fully saturated rings. The summed E-state index contributed by atoms with van der Waals surface area (Å²) in [6.07, 6.45) is 17.4. The van der Waals surface area contributed by atoms with Crippen molar-refractivity contribution in [2.24, 2.45) is 5.92 Å². The molecule has 1 aliphatic carbocycles. The first-order chi connectivity index (χ1) is 9.49. The molecule has 0 saturated heterocycles. The minimum Gasteiger partial charge on any atom is -0.0995 e. The lowest BCUT2D eigenvalue weighted by Crippen LogP contribution is -1.98. The SMILES string of the molecule is C=C(C)C1C=CC(C)=CCC=C(C)CCC=C(C)CC1. The second kappa shape index (κ2) is 8.79. The van der Waals surface area contributed by atoms with E-state index >= 15 is 0 Å². The highest BCUT2D eigenvalue weighted by Crippen LogP contribution is 2.21. The van der Waals surface area contributed by atoms with Crippen LogP contribution in [0.5, 0.6) is 0 Å². The Morgan fingerprint density at radius 3 is 2.45 bits per heavy atom. The number of hydrogen-bond acceptors (Lipinski definition) is 0. The van der Waals surface area contributed by atoms with Crippen molar-refractivity contribution in [1.29, 1.82) is 0 Å². The van der Waals surface area contributed by atoms with Gasteiger partial charge in [0.1, 0.15) is 0 Å². The minimum absolute atomic E-state index is 0.502. The van der Waals surface area contributed by atoms with E-state index in [4.69, 9.17) is 0 Å². The average molecular weight is 270 g/mol. The second-order valence-corrected chi connectivity index (χ2v) is 6.17. The van der Waals surface area contributed by atoms with Gasteiger partial charge >= 0.3 is 0 Å². The van der Waals surface area contributed by atoms with Crippen molar-refractivity contribution < 1.29 is 0 Å². The Labute approximate surface area is 125 Å². The molecular formula is C20H30. The summed E-state index contributed by atoms with van der Waals surface area (Å²) in [4.78, 5) is 0. The Kier molecular flexibility index (Phi) is 7.36. The summed E-state index contributed by atoms with van der Waals surface area (Å²) in [7, 11) is 0. The van der Waals surface area contributed by atoms with Gasteiger partial charge in [-0.2, -0.15) is 0 Å². The zero-order valence-electron chi connectivity index (χ0n) is 13.7. The molecule has 0 nitrogen and oxygen atoms in total. The molecule has 20 heavy (non-hydrogen) atoms. The maximum atomic E-state index is 4.14. The molecule has 1 atom stereocenters. The van der Waals surface area contributed by atoms with Crippen LogP contribution in [0.3, 0.4) is 0 Å². The van der Waals surface area contributed by atoms with Crippen LogP contribution in [0.2, 0.25) is 0 Å². The van der Waals surface area contributed by atoms with E-state index in [1.165, 1.54) is 48.0 Å². The molecule has 0 heterocycles. The van der Waals surface area contributed by atoms with Gasteiger partial charge in [0.2, 0.25) is 0 Å². The summed E-state index contributed by atoms with van der Waals surface area (Å²) in [5.74, 6) is 0.502. The monoisotopic (exact) mass is 270 g/mol. The van der Waals surface area contributed by atoms with Crippen LogP contribution in [-0.2, 0) is 0 Å². The standard InChI is InChI=1S/C20H30/c1-16(2)20-14-12-18(4)10-6-8-17(3)9-7-11-19(5)13-15-20/h8,10-12,14,20H,1,6-7,9,13,15H2,2-5H3. The highest BCUT2D eigenvalue weighted by atomic mass is 14.1. The van der Waals surface area contributed by atoms with Crippen molar-refractivity contribution in [3.63, 3.8) is 0 Å². The van der Waals surface area contributed by atoms with Gasteiger partial charge in [-0.15, -0.1) is 0 Å². The minimum atomic E-state index is 0.502. The molecule has 110 valence electrons. The summed E-state index contributed by atoms with van der Waals surface area (Å²) < 4.78 is 0. The lowest BCUT2D eigenvalue weighted by Gasteiger charge is -2.13. The molecule has 0 saturated carbocycles. The first-order valence-corrected chi connectivity index (χ1v) is 7.80. The number of rotatable bonds is 1. The summed E-state index contributed by atoms with van der Waals surface area (Å²) in [5, 5.41) is 0. The topological polar surface area (TPSA) is 0 Å². The molecule has 0 aliphatic heterocycles. The van der Waals surface area contributed by atoms with Gasteiger partial charge in [0.25, 0.3) is 0 Å². The van der Waals surface area contributed by atoms with E-state index in [-0.39, 0.29) is 0 Å². The summed E-state index contributed by atoms with van der Waals surface area (Å²) in [6.45, 7) is 13.0. The third-order valence-corrected chi connectivity index (χ3v) is 4.01. The Balaban J connectivity index is 2.88. The van der Waals surface area contributed by atoms with Crippen LogP contribution in [0.25, 0.3) is 0 Å². The lowest BCUT2D eigenvalue weighted by atomic mass is 9.92. The van der Waals surface area contributed by atoms with Crippen molar-refractivity contribution >= 4 is 0 Å². The molecule has 0 amide bonds. The van der Waals surface area contributed by atoms with Crippen molar-refractivity contribution in [2.45, 2.75) is 59.8 Å². The van der Waals surface area contributed by atoms with Gasteiger partial charge in [-0.3, -0.25) is 0 Å². The smallest absolute Gasteiger partial charge is 0.00225 e. The van der Waals surface area contributed by atoms with Crippen LogP contribution >= 0.6 is 0 Å². The van der Waals surface area contributed by atoms with Crippen LogP contribution in [0.4, 0.5) is 0 Å². The van der Waals surface area contributed by atoms with E-state index in [0.29, 0.717) is 5.92 Å². The van der Waals surface area contributed by atoms with Gasteiger partial charge in [-0.05, 0) is 65.7 Å². The Hall–Kier alpha value is -1.30. The molecule has 1 unspecified atom stereocenters. The second-order valence-electron chi connectivity index (χ2n) is 6.17. The molecule has 0 radical (unpaired) electrons. The molecule has 0 bridgehead atoms. The highest BCUT2D eigenvalue weighted by molar-refractivity contribution is 5.21. The molecule has 1 rings (SSSR count). The molecule has 0 aromatic heterocycles. The largest absolute Gasteiger partial charge is 0.0995 e. The van der Waals surface area contributed by atoms with Crippen LogP contribution < -0.4 is 0 Å². The van der Waals surface area contributed by atoms with Crippen LogP contribution in [-0.4, -0.2) is 0 Å². The zero-order valence-corrected chi connectivity index (χ0v) is 13.7. The maximum absolute atomic E-state index is 4.14. The third kappa shape index (κ3) is 6.75. The molecule has 1 aliphatic rings. The van der Waals surface area contributed by atoms with Gasteiger partial charge in [0.05, 0.1) is 0 Å². The molecule has 0 heteroatoms.